The molecule has 2 aliphatic heterocycles. The van der Waals surface area contributed by atoms with Crippen LogP contribution in [-0.4, -0.2) is 52.6 Å². The third kappa shape index (κ3) is 4.61. The van der Waals surface area contributed by atoms with Gasteiger partial charge in [0.15, 0.2) is 0 Å². The summed E-state index contributed by atoms with van der Waals surface area (Å²) in [6, 6.07) is 10.4. The highest BCUT2D eigenvalue weighted by atomic mass is 79.9. The largest absolute Gasteiger partial charge is 0.326 e. The highest BCUT2D eigenvalue weighted by Gasteiger charge is 2.34. The van der Waals surface area contributed by atoms with Gasteiger partial charge in [0.2, 0.25) is 5.91 Å². The molecule has 1 atom stereocenters. The van der Waals surface area contributed by atoms with Gasteiger partial charge in [-0.25, -0.2) is 0 Å². The molecule has 2 aromatic rings. The van der Waals surface area contributed by atoms with Gasteiger partial charge in [-0.1, -0.05) is 28.1 Å². The summed E-state index contributed by atoms with van der Waals surface area (Å²) in [5.41, 5.74) is 3.46. The Hall–Kier alpha value is -1.37. The van der Waals surface area contributed by atoms with Crippen molar-refractivity contribution in [1.29, 1.82) is 0 Å². The second-order valence-corrected chi connectivity index (χ2v) is 9.46. The van der Waals surface area contributed by atoms with Gasteiger partial charge in [0.05, 0.1) is 5.75 Å². The van der Waals surface area contributed by atoms with E-state index in [0.29, 0.717) is 5.75 Å². The van der Waals surface area contributed by atoms with Crippen molar-refractivity contribution in [3.05, 3.63) is 52.8 Å². The number of aromatic nitrogens is 1. The number of carbonyl (C=O) groups excluding carboxylic acids is 1. The predicted molar refractivity (Wildman–Crippen MR) is 119 cm³/mol. The fourth-order valence-electron chi connectivity index (χ4n) is 4.07. The molecule has 0 N–H and O–H groups in total. The SMILES string of the molecule is O=C1CSC(c2cnccc2-c2ccc(Br)cc2)N1CCCCN1CCCC1. The first-order chi connectivity index (χ1) is 13.7. The van der Waals surface area contributed by atoms with E-state index in [1.165, 1.54) is 25.9 Å². The third-order valence-electron chi connectivity index (χ3n) is 5.56. The first-order valence-corrected chi connectivity index (χ1v) is 11.9. The smallest absolute Gasteiger partial charge is 0.233 e. The minimum Gasteiger partial charge on any atom is -0.326 e. The Labute approximate surface area is 179 Å². The number of thioether (sulfide) groups is 1. The van der Waals surface area contributed by atoms with Crippen LogP contribution in [0.1, 0.15) is 36.6 Å². The molecule has 28 heavy (non-hydrogen) atoms. The van der Waals surface area contributed by atoms with Gasteiger partial charge in [-0.3, -0.25) is 9.78 Å². The average Bonchev–Trinajstić information content (AvgIpc) is 3.36. The second kappa shape index (κ2) is 9.42. The molecule has 0 spiro atoms. The molecule has 0 saturated carbocycles. The summed E-state index contributed by atoms with van der Waals surface area (Å²) in [4.78, 5) is 21.6. The number of hydrogen-bond acceptors (Lipinski definition) is 4. The number of likely N-dealkylation sites (tertiary alicyclic amines) is 1. The van der Waals surface area contributed by atoms with E-state index in [9.17, 15) is 4.79 Å². The number of benzene rings is 1. The second-order valence-electron chi connectivity index (χ2n) is 7.48. The summed E-state index contributed by atoms with van der Waals surface area (Å²) in [5.74, 6) is 0.813. The van der Waals surface area contributed by atoms with Crippen molar-refractivity contribution in [2.24, 2.45) is 0 Å². The molecule has 0 radical (unpaired) electrons. The van der Waals surface area contributed by atoms with E-state index < -0.39 is 0 Å². The van der Waals surface area contributed by atoms with Crippen LogP contribution < -0.4 is 0 Å². The molecule has 1 aromatic heterocycles. The molecular weight excluding hydrogens is 434 g/mol. The van der Waals surface area contributed by atoms with Crippen LogP contribution in [0.25, 0.3) is 11.1 Å². The molecule has 1 aromatic carbocycles. The fraction of sp³-hybridized carbons (Fsp3) is 0.455. The number of carbonyl (C=O) groups is 1. The normalized spacial score (nSPS) is 20.2. The maximum Gasteiger partial charge on any atom is 0.233 e. The number of pyridine rings is 1. The number of unbranched alkanes of at least 4 members (excludes halogenated alkanes) is 1. The summed E-state index contributed by atoms with van der Waals surface area (Å²) in [6.07, 6.45) is 8.67. The molecule has 2 aliphatic rings. The first kappa shape index (κ1) is 19.9. The van der Waals surface area contributed by atoms with Gasteiger partial charge in [0.1, 0.15) is 5.37 Å². The van der Waals surface area contributed by atoms with Crippen LogP contribution in [0.2, 0.25) is 0 Å². The number of halogens is 1. The van der Waals surface area contributed by atoms with Crippen molar-refractivity contribution >= 4 is 33.6 Å². The molecular formula is C22H26BrN3OS. The lowest BCUT2D eigenvalue weighted by molar-refractivity contribution is -0.128. The highest BCUT2D eigenvalue weighted by Crippen LogP contribution is 2.42. The van der Waals surface area contributed by atoms with Gasteiger partial charge < -0.3 is 9.80 Å². The van der Waals surface area contributed by atoms with Crippen molar-refractivity contribution in [2.75, 3.05) is 31.9 Å². The van der Waals surface area contributed by atoms with Gasteiger partial charge >= 0.3 is 0 Å². The Morgan fingerprint density at radius 1 is 1.07 bits per heavy atom. The van der Waals surface area contributed by atoms with E-state index in [0.717, 1.165) is 47.1 Å². The number of nitrogens with zero attached hydrogens (tertiary/aromatic N) is 3. The lowest BCUT2D eigenvalue weighted by atomic mass is 10.0. The summed E-state index contributed by atoms with van der Waals surface area (Å²) < 4.78 is 1.07. The molecule has 2 saturated heterocycles. The molecule has 3 heterocycles. The lowest BCUT2D eigenvalue weighted by Gasteiger charge is -2.26. The van der Waals surface area contributed by atoms with E-state index in [1.54, 1.807) is 11.8 Å². The van der Waals surface area contributed by atoms with Crippen molar-refractivity contribution in [1.82, 2.24) is 14.8 Å². The Morgan fingerprint density at radius 2 is 1.82 bits per heavy atom. The average molecular weight is 460 g/mol. The standard InChI is InChI=1S/C22H26BrN3OS/c23-18-7-5-17(6-8-18)19-9-10-24-15-20(19)22-26(21(27)16-28-22)14-4-3-13-25-11-1-2-12-25/h5-10,15,22H,1-4,11-14,16H2. The number of amides is 1. The summed E-state index contributed by atoms with van der Waals surface area (Å²) in [7, 11) is 0. The molecule has 0 bridgehead atoms. The van der Waals surface area contributed by atoms with Crippen LogP contribution >= 0.6 is 27.7 Å². The van der Waals surface area contributed by atoms with Crippen molar-refractivity contribution in [3.8, 4) is 11.1 Å². The molecule has 148 valence electrons. The van der Waals surface area contributed by atoms with E-state index >= 15 is 0 Å². The summed E-state index contributed by atoms with van der Waals surface area (Å²) in [6.45, 7) is 4.48. The predicted octanol–water partition coefficient (Wildman–Crippen LogP) is 4.96. The van der Waals surface area contributed by atoms with Gasteiger partial charge in [-0.05, 0) is 74.6 Å². The van der Waals surface area contributed by atoms with E-state index in [4.69, 9.17) is 0 Å². The Kier molecular flexibility index (Phi) is 6.70. The Morgan fingerprint density at radius 3 is 2.61 bits per heavy atom. The minimum atomic E-state index is 0.0617. The van der Waals surface area contributed by atoms with Crippen LogP contribution in [-0.2, 0) is 4.79 Å². The molecule has 4 rings (SSSR count). The Bertz CT molecular complexity index is 808. The molecule has 4 nitrogen and oxygen atoms in total. The maximum absolute atomic E-state index is 12.6. The topological polar surface area (TPSA) is 36.4 Å². The van der Waals surface area contributed by atoms with Crippen molar-refractivity contribution in [3.63, 3.8) is 0 Å². The van der Waals surface area contributed by atoms with Gasteiger partial charge in [0.25, 0.3) is 0 Å². The fourth-order valence-corrected chi connectivity index (χ4v) is 5.57. The molecule has 0 aliphatic carbocycles. The van der Waals surface area contributed by atoms with Crippen molar-refractivity contribution in [2.45, 2.75) is 31.1 Å². The monoisotopic (exact) mass is 459 g/mol. The van der Waals surface area contributed by atoms with E-state index in [-0.39, 0.29) is 11.3 Å². The van der Waals surface area contributed by atoms with Crippen LogP contribution in [0.5, 0.6) is 0 Å². The number of rotatable bonds is 7. The van der Waals surface area contributed by atoms with Crippen LogP contribution in [0.4, 0.5) is 0 Å². The van der Waals surface area contributed by atoms with E-state index in [2.05, 4.69) is 61.0 Å². The highest BCUT2D eigenvalue weighted by molar-refractivity contribution is 9.10. The third-order valence-corrected chi connectivity index (χ3v) is 7.33. The zero-order valence-corrected chi connectivity index (χ0v) is 18.4. The van der Waals surface area contributed by atoms with Gasteiger partial charge in [0, 0.05) is 29.0 Å². The van der Waals surface area contributed by atoms with E-state index in [1.807, 2.05) is 12.4 Å². The van der Waals surface area contributed by atoms with Crippen molar-refractivity contribution < 1.29 is 4.79 Å². The van der Waals surface area contributed by atoms with Crippen LogP contribution in [0, 0.1) is 0 Å². The summed E-state index contributed by atoms with van der Waals surface area (Å²) in [5, 5.41) is 0.0617. The number of hydrogen-bond donors (Lipinski definition) is 0. The van der Waals surface area contributed by atoms with Gasteiger partial charge in [-0.15, -0.1) is 11.8 Å². The van der Waals surface area contributed by atoms with Crippen LogP contribution in [0.3, 0.4) is 0 Å². The molecule has 1 unspecified atom stereocenters. The van der Waals surface area contributed by atoms with Gasteiger partial charge in [-0.2, -0.15) is 0 Å². The zero-order chi connectivity index (χ0) is 19.3. The first-order valence-electron chi connectivity index (χ1n) is 10.1. The Balaban J connectivity index is 1.46. The maximum atomic E-state index is 12.6. The molecule has 1 amide bonds. The molecule has 2 fully saturated rings. The quantitative estimate of drug-likeness (QED) is 0.548. The zero-order valence-electron chi connectivity index (χ0n) is 16.0. The minimum absolute atomic E-state index is 0.0617. The van der Waals surface area contributed by atoms with Crippen LogP contribution in [0.15, 0.2) is 47.2 Å². The molecule has 6 heteroatoms. The lowest BCUT2D eigenvalue weighted by Crippen LogP contribution is -2.30. The summed E-state index contributed by atoms with van der Waals surface area (Å²) >= 11 is 5.23.